The second-order valence-electron chi connectivity index (χ2n) is 6.71. The van der Waals surface area contributed by atoms with Gasteiger partial charge in [0.25, 0.3) is 0 Å². The number of rotatable bonds is 2. The molecule has 1 aliphatic heterocycles. The molecular formula is C16H21F3N2O3. The van der Waals surface area contributed by atoms with Crippen molar-refractivity contribution in [3.8, 4) is 5.75 Å². The molecule has 1 amide bonds. The molecule has 1 aliphatic rings. The number of carbonyl (C=O) groups excluding carboxylic acids is 1. The predicted molar refractivity (Wildman–Crippen MR) is 82.7 cm³/mol. The Hall–Kier alpha value is -2.12. The number of benzene rings is 1. The first kappa shape index (κ1) is 18.2. The molecule has 0 aromatic heterocycles. The Kier molecular flexibility index (Phi) is 4.87. The van der Waals surface area contributed by atoms with Crippen LogP contribution in [0.25, 0.3) is 0 Å². The fraction of sp³-hybridized carbons (Fsp3) is 0.562. The van der Waals surface area contributed by atoms with Crippen molar-refractivity contribution in [1.29, 1.82) is 0 Å². The first-order chi connectivity index (χ1) is 11.0. The Morgan fingerprint density at radius 3 is 2.50 bits per heavy atom. The van der Waals surface area contributed by atoms with Crippen molar-refractivity contribution in [3.05, 3.63) is 23.8 Å². The molecule has 1 saturated heterocycles. The lowest BCUT2D eigenvalue weighted by Crippen LogP contribution is -2.36. The fourth-order valence-corrected chi connectivity index (χ4v) is 2.33. The molecule has 0 radical (unpaired) electrons. The summed E-state index contributed by atoms with van der Waals surface area (Å²) in [5.74, 6) is 0.180. The number of ether oxygens (including phenoxy) is 2. The normalized spacial score (nSPS) is 18.6. The molecule has 1 fully saturated rings. The van der Waals surface area contributed by atoms with Gasteiger partial charge in [0.2, 0.25) is 0 Å². The predicted octanol–water partition coefficient (Wildman–Crippen LogP) is 3.68. The van der Waals surface area contributed by atoms with E-state index in [1.165, 1.54) is 11.0 Å². The minimum absolute atomic E-state index is 0.0828. The molecule has 1 aromatic rings. The number of likely N-dealkylation sites (tertiary alicyclic amines) is 1. The van der Waals surface area contributed by atoms with E-state index in [-0.39, 0.29) is 17.5 Å². The molecule has 0 spiro atoms. The van der Waals surface area contributed by atoms with Gasteiger partial charge < -0.3 is 20.1 Å². The van der Waals surface area contributed by atoms with Crippen LogP contribution in [0.3, 0.4) is 0 Å². The van der Waals surface area contributed by atoms with Gasteiger partial charge in [-0.2, -0.15) is 13.2 Å². The molecular weight excluding hydrogens is 325 g/mol. The Balaban J connectivity index is 1.97. The van der Waals surface area contributed by atoms with Gasteiger partial charge in [-0.1, -0.05) is 0 Å². The van der Waals surface area contributed by atoms with Gasteiger partial charge in [-0.25, -0.2) is 4.79 Å². The topological polar surface area (TPSA) is 64.8 Å². The number of halogens is 3. The van der Waals surface area contributed by atoms with Crippen LogP contribution in [-0.2, 0) is 10.9 Å². The lowest BCUT2D eigenvalue weighted by Gasteiger charge is -2.24. The summed E-state index contributed by atoms with van der Waals surface area (Å²) in [4.78, 5) is 13.5. The van der Waals surface area contributed by atoms with E-state index in [2.05, 4.69) is 0 Å². The third-order valence-electron chi connectivity index (χ3n) is 3.43. The zero-order chi connectivity index (χ0) is 18.1. The van der Waals surface area contributed by atoms with Crippen LogP contribution in [0.4, 0.5) is 23.7 Å². The zero-order valence-corrected chi connectivity index (χ0v) is 13.8. The molecule has 24 heavy (non-hydrogen) atoms. The van der Waals surface area contributed by atoms with Crippen LogP contribution >= 0.6 is 0 Å². The summed E-state index contributed by atoms with van der Waals surface area (Å²) in [7, 11) is 0. The third-order valence-corrected chi connectivity index (χ3v) is 3.43. The first-order valence-corrected chi connectivity index (χ1v) is 7.57. The average molecular weight is 346 g/mol. The highest BCUT2D eigenvalue weighted by Crippen LogP contribution is 2.34. The van der Waals surface area contributed by atoms with E-state index < -0.39 is 23.4 Å². The molecule has 0 saturated carbocycles. The Labute approximate surface area is 138 Å². The summed E-state index contributed by atoms with van der Waals surface area (Å²) in [5, 5.41) is 0. The minimum atomic E-state index is -4.45. The van der Waals surface area contributed by atoms with Crippen LogP contribution in [0.15, 0.2) is 18.2 Å². The van der Waals surface area contributed by atoms with E-state index in [0.29, 0.717) is 19.5 Å². The first-order valence-electron chi connectivity index (χ1n) is 7.57. The van der Waals surface area contributed by atoms with Gasteiger partial charge in [-0.15, -0.1) is 0 Å². The maximum atomic E-state index is 12.6. The molecule has 134 valence electrons. The van der Waals surface area contributed by atoms with Crippen molar-refractivity contribution < 1.29 is 27.4 Å². The molecule has 0 unspecified atom stereocenters. The van der Waals surface area contributed by atoms with Crippen LogP contribution in [0.1, 0.15) is 32.8 Å². The summed E-state index contributed by atoms with van der Waals surface area (Å²) in [6.07, 6.45) is -4.67. The summed E-state index contributed by atoms with van der Waals surface area (Å²) in [6, 6.07) is 2.97. The van der Waals surface area contributed by atoms with E-state index >= 15 is 0 Å². The van der Waals surface area contributed by atoms with Crippen LogP contribution in [0.5, 0.6) is 5.75 Å². The fourth-order valence-electron chi connectivity index (χ4n) is 2.33. The summed E-state index contributed by atoms with van der Waals surface area (Å²) in [5.41, 5.74) is 4.15. The zero-order valence-electron chi connectivity index (χ0n) is 13.8. The van der Waals surface area contributed by atoms with Crippen LogP contribution in [-0.4, -0.2) is 35.8 Å². The SMILES string of the molecule is CC(C)(C)OC(=O)N1CC[C@H](Oc2ccc(C(F)(F)F)cc2N)C1. The van der Waals surface area contributed by atoms with Crippen LogP contribution < -0.4 is 10.5 Å². The number of hydrogen-bond donors (Lipinski definition) is 1. The molecule has 2 rings (SSSR count). The van der Waals surface area contributed by atoms with Crippen molar-refractivity contribution in [2.75, 3.05) is 18.8 Å². The number of alkyl halides is 3. The van der Waals surface area contributed by atoms with Crippen LogP contribution in [0.2, 0.25) is 0 Å². The van der Waals surface area contributed by atoms with E-state index in [0.717, 1.165) is 12.1 Å². The van der Waals surface area contributed by atoms with Gasteiger partial charge in [0.1, 0.15) is 17.5 Å². The largest absolute Gasteiger partial charge is 0.486 e. The van der Waals surface area contributed by atoms with Gasteiger partial charge in [0, 0.05) is 13.0 Å². The van der Waals surface area contributed by atoms with Gasteiger partial charge in [-0.3, -0.25) is 0 Å². The lowest BCUT2D eigenvalue weighted by molar-refractivity contribution is -0.137. The highest BCUT2D eigenvalue weighted by atomic mass is 19.4. The molecule has 8 heteroatoms. The number of hydrogen-bond acceptors (Lipinski definition) is 4. The van der Waals surface area contributed by atoms with Gasteiger partial charge in [0.15, 0.2) is 0 Å². The van der Waals surface area contributed by atoms with Crippen molar-refractivity contribution in [3.63, 3.8) is 0 Å². The molecule has 0 aliphatic carbocycles. The minimum Gasteiger partial charge on any atom is -0.486 e. The van der Waals surface area contributed by atoms with Gasteiger partial charge in [0.05, 0.1) is 17.8 Å². The molecule has 1 aromatic carbocycles. The van der Waals surface area contributed by atoms with Crippen molar-refractivity contribution >= 4 is 11.8 Å². The van der Waals surface area contributed by atoms with E-state index in [4.69, 9.17) is 15.2 Å². The molecule has 0 bridgehead atoms. The smallest absolute Gasteiger partial charge is 0.416 e. The molecule has 5 nitrogen and oxygen atoms in total. The summed E-state index contributed by atoms with van der Waals surface area (Å²) >= 11 is 0. The summed E-state index contributed by atoms with van der Waals surface area (Å²) in [6.45, 7) is 6.09. The summed E-state index contributed by atoms with van der Waals surface area (Å²) < 4.78 is 48.8. The number of nitrogens with two attached hydrogens (primary N) is 1. The van der Waals surface area contributed by atoms with Gasteiger partial charge in [-0.05, 0) is 39.0 Å². The van der Waals surface area contributed by atoms with Crippen molar-refractivity contribution in [2.24, 2.45) is 0 Å². The number of nitrogen functional groups attached to an aromatic ring is 1. The number of carbonyl (C=O) groups is 1. The Morgan fingerprint density at radius 2 is 1.96 bits per heavy atom. The van der Waals surface area contributed by atoms with Crippen molar-refractivity contribution in [1.82, 2.24) is 4.90 Å². The standard InChI is InChI=1S/C16H21F3N2O3/c1-15(2,3)24-14(22)21-7-6-11(9-21)23-13-5-4-10(8-12(13)20)16(17,18)19/h4-5,8,11H,6-7,9,20H2,1-3H3/t11-/m0/s1. The maximum Gasteiger partial charge on any atom is 0.416 e. The number of amides is 1. The van der Waals surface area contributed by atoms with Crippen molar-refractivity contribution in [2.45, 2.75) is 45.1 Å². The highest BCUT2D eigenvalue weighted by molar-refractivity contribution is 5.68. The van der Waals surface area contributed by atoms with E-state index in [9.17, 15) is 18.0 Å². The highest BCUT2D eigenvalue weighted by Gasteiger charge is 2.33. The third kappa shape index (κ3) is 4.69. The van der Waals surface area contributed by atoms with E-state index in [1.54, 1.807) is 20.8 Å². The quantitative estimate of drug-likeness (QED) is 0.830. The maximum absolute atomic E-state index is 12.6. The number of anilines is 1. The lowest BCUT2D eigenvalue weighted by atomic mass is 10.2. The average Bonchev–Trinajstić information content (AvgIpc) is 2.86. The molecule has 2 N–H and O–H groups in total. The number of nitrogens with zero attached hydrogens (tertiary/aromatic N) is 1. The molecule has 1 atom stereocenters. The van der Waals surface area contributed by atoms with Crippen LogP contribution in [0, 0.1) is 0 Å². The van der Waals surface area contributed by atoms with E-state index in [1.807, 2.05) is 0 Å². The molecule has 1 heterocycles. The Morgan fingerprint density at radius 1 is 1.29 bits per heavy atom. The van der Waals surface area contributed by atoms with Gasteiger partial charge >= 0.3 is 12.3 Å². The second kappa shape index (κ2) is 6.41. The Bertz CT molecular complexity index is 612. The second-order valence-corrected chi connectivity index (χ2v) is 6.71. The monoisotopic (exact) mass is 346 g/mol.